The summed E-state index contributed by atoms with van der Waals surface area (Å²) in [6.07, 6.45) is 0. The van der Waals surface area contributed by atoms with Crippen molar-refractivity contribution in [1.29, 1.82) is 0 Å². The van der Waals surface area contributed by atoms with Gasteiger partial charge in [-0.15, -0.1) is 11.4 Å². The summed E-state index contributed by atoms with van der Waals surface area (Å²) in [5, 5.41) is 0. The molecule has 0 amide bonds. The zero-order valence-electron chi connectivity index (χ0n) is 8.72. The minimum Gasteiger partial charge on any atom is -0.105 e. The molecule has 0 unspecified atom stereocenters. The predicted octanol–water partition coefficient (Wildman–Crippen LogP) is 1.64. The first-order chi connectivity index (χ1) is 5.63. The summed E-state index contributed by atoms with van der Waals surface area (Å²) in [7, 11) is -0.0364. The summed E-state index contributed by atoms with van der Waals surface area (Å²) in [5.41, 5.74) is 12.6. The highest BCUT2D eigenvalue weighted by atomic mass is 28.2. The average molecular weight is 196 g/mol. The standard InChI is InChI=1S/C10H20Si2/c1-9(2)7-11-5-6-12-8-10(3)4/h5-8H,11-12H2,1-4H3. The predicted molar refractivity (Wildman–Crippen MR) is 65.1 cm³/mol. The van der Waals surface area contributed by atoms with Crippen molar-refractivity contribution in [2.75, 3.05) is 0 Å². The number of hydrogen-bond acceptors (Lipinski definition) is 0. The van der Waals surface area contributed by atoms with Crippen molar-refractivity contribution in [2.45, 2.75) is 27.7 Å². The fraction of sp³-hybridized carbons (Fsp3) is 0.400. The molecule has 12 heavy (non-hydrogen) atoms. The summed E-state index contributed by atoms with van der Waals surface area (Å²) >= 11 is 0. The van der Waals surface area contributed by atoms with E-state index >= 15 is 0 Å². The van der Waals surface area contributed by atoms with Gasteiger partial charge >= 0.3 is 0 Å². The molecular formula is C10H20Si2. The Morgan fingerprint density at radius 1 is 0.750 bits per heavy atom. The van der Waals surface area contributed by atoms with Crippen molar-refractivity contribution in [3.8, 4) is 0 Å². The van der Waals surface area contributed by atoms with Gasteiger partial charge in [-0.1, -0.05) is 22.5 Å². The molecule has 0 saturated carbocycles. The second kappa shape index (κ2) is 7.31. The van der Waals surface area contributed by atoms with Gasteiger partial charge in [0, 0.05) is 0 Å². The summed E-state index contributed by atoms with van der Waals surface area (Å²) < 4.78 is 0. The van der Waals surface area contributed by atoms with Crippen LogP contribution in [0.5, 0.6) is 0 Å². The smallest absolute Gasteiger partial charge is 0.0681 e. The first kappa shape index (κ1) is 11.7. The number of allylic oxidation sites excluding steroid dienone is 2. The molecule has 0 heterocycles. The van der Waals surface area contributed by atoms with Gasteiger partial charge in [0.15, 0.2) is 0 Å². The van der Waals surface area contributed by atoms with Crippen molar-refractivity contribution in [3.63, 3.8) is 0 Å². The van der Waals surface area contributed by atoms with E-state index < -0.39 is 0 Å². The molecule has 0 aliphatic heterocycles. The SMILES string of the molecule is CC(C)=C[SiH2]C=C[SiH2]C=C(C)C. The summed E-state index contributed by atoms with van der Waals surface area (Å²) in [6, 6.07) is 0. The molecule has 2 heteroatoms. The van der Waals surface area contributed by atoms with Crippen LogP contribution >= 0.6 is 0 Å². The normalized spacial score (nSPS) is 12.0. The third-order valence-corrected chi connectivity index (χ3v) is 5.47. The second-order valence-corrected chi connectivity index (χ2v) is 6.21. The lowest BCUT2D eigenvalue weighted by atomic mass is 10.4. The van der Waals surface area contributed by atoms with E-state index in [0.29, 0.717) is 0 Å². The van der Waals surface area contributed by atoms with E-state index in [0.717, 1.165) is 0 Å². The van der Waals surface area contributed by atoms with Crippen molar-refractivity contribution < 1.29 is 0 Å². The third-order valence-electron chi connectivity index (χ3n) is 1.49. The van der Waals surface area contributed by atoms with Crippen molar-refractivity contribution in [3.05, 3.63) is 33.9 Å². The van der Waals surface area contributed by atoms with Crippen LogP contribution in [-0.2, 0) is 0 Å². The van der Waals surface area contributed by atoms with Gasteiger partial charge in [-0.3, -0.25) is 0 Å². The first-order valence-electron chi connectivity index (χ1n) is 4.54. The van der Waals surface area contributed by atoms with Gasteiger partial charge in [0.2, 0.25) is 0 Å². The van der Waals surface area contributed by atoms with Gasteiger partial charge in [-0.2, -0.15) is 0 Å². The highest BCUT2D eigenvalue weighted by Crippen LogP contribution is 1.87. The molecule has 0 aromatic carbocycles. The van der Waals surface area contributed by atoms with Crippen LogP contribution in [0.25, 0.3) is 0 Å². The molecule has 0 atom stereocenters. The minimum atomic E-state index is -0.0182. The topological polar surface area (TPSA) is 0 Å². The maximum absolute atomic E-state index is 2.42. The Hall–Kier alpha value is -0.346. The Labute approximate surface area is 81.1 Å². The Morgan fingerprint density at radius 2 is 1.08 bits per heavy atom. The minimum absolute atomic E-state index is 0.0182. The zero-order valence-corrected chi connectivity index (χ0v) is 11.6. The van der Waals surface area contributed by atoms with Crippen molar-refractivity contribution >= 4 is 19.0 Å². The van der Waals surface area contributed by atoms with Gasteiger partial charge < -0.3 is 0 Å². The molecule has 0 nitrogen and oxygen atoms in total. The summed E-state index contributed by atoms with van der Waals surface area (Å²) in [4.78, 5) is 0. The van der Waals surface area contributed by atoms with E-state index in [4.69, 9.17) is 0 Å². The number of rotatable bonds is 4. The lowest BCUT2D eigenvalue weighted by molar-refractivity contribution is 1.41. The van der Waals surface area contributed by atoms with Gasteiger partial charge in [0.1, 0.15) is 0 Å². The molecule has 68 valence electrons. The fourth-order valence-electron chi connectivity index (χ4n) is 0.800. The van der Waals surface area contributed by atoms with Crippen LogP contribution in [-0.4, -0.2) is 19.0 Å². The van der Waals surface area contributed by atoms with Crippen molar-refractivity contribution in [1.82, 2.24) is 0 Å². The average Bonchev–Trinajstić information content (AvgIpc) is 1.95. The molecule has 0 saturated heterocycles. The first-order valence-corrected chi connectivity index (χ1v) is 7.81. The van der Waals surface area contributed by atoms with Crippen LogP contribution in [0, 0.1) is 0 Å². The lowest BCUT2D eigenvalue weighted by Gasteiger charge is -1.86. The van der Waals surface area contributed by atoms with Crippen molar-refractivity contribution in [2.24, 2.45) is 0 Å². The van der Waals surface area contributed by atoms with Crippen LogP contribution < -0.4 is 0 Å². The molecule has 0 spiro atoms. The Bertz CT molecular complexity index is 170. The molecule has 0 aromatic heterocycles. The maximum Gasteiger partial charge on any atom is 0.0681 e. The monoisotopic (exact) mass is 196 g/mol. The quantitative estimate of drug-likeness (QED) is 0.600. The van der Waals surface area contributed by atoms with Crippen LogP contribution in [0.2, 0.25) is 0 Å². The Morgan fingerprint density at radius 3 is 1.33 bits per heavy atom. The summed E-state index contributed by atoms with van der Waals surface area (Å²) in [5.74, 6) is 0. The lowest BCUT2D eigenvalue weighted by Crippen LogP contribution is -1.83. The van der Waals surface area contributed by atoms with E-state index in [2.05, 4.69) is 50.5 Å². The molecule has 0 rings (SSSR count). The van der Waals surface area contributed by atoms with Crippen LogP contribution in [0.3, 0.4) is 0 Å². The van der Waals surface area contributed by atoms with E-state index in [1.165, 1.54) is 11.1 Å². The molecular weight excluding hydrogens is 176 g/mol. The highest BCUT2D eigenvalue weighted by Gasteiger charge is 1.77. The molecule has 0 N–H and O–H groups in total. The van der Waals surface area contributed by atoms with Gasteiger partial charge in [-0.25, -0.2) is 0 Å². The number of hydrogen-bond donors (Lipinski definition) is 0. The van der Waals surface area contributed by atoms with Crippen LogP contribution in [0.15, 0.2) is 33.9 Å². The fourth-order valence-corrected chi connectivity index (χ4v) is 3.55. The Kier molecular flexibility index (Phi) is 7.10. The van der Waals surface area contributed by atoms with Gasteiger partial charge in [-0.05, 0) is 27.7 Å². The van der Waals surface area contributed by atoms with Gasteiger partial charge in [0.05, 0.1) is 19.0 Å². The highest BCUT2D eigenvalue weighted by molar-refractivity contribution is 6.54. The summed E-state index contributed by atoms with van der Waals surface area (Å²) in [6.45, 7) is 8.70. The second-order valence-electron chi connectivity index (χ2n) is 3.51. The van der Waals surface area contributed by atoms with E-state index in [1.54, 1.807) is 0 Å². The molecule has 0 aliphatic rings. The molecule has 0 aromatic rings. The molecule has 0 radical (unpaired) electrons. The Balaban J connectivity index is 3.52. The van der Waals surface area contributed by atoms with E-state index in [9.17, 15) is 0 Å². The van der Waals surface area contributed by atoms with Gasteiger partial charge in [0.25, 0.3) is 0 Å². The zero-order chi connectivity index (χ0) is 9.40. The van der Waals surface area contributed by atoms with Crippen LogP contribution in [0.1, 0.15) is 27.7 Å². The molecule has 0 aliphatic carbocycles. The molecule has 0 fully saturated rings. The van der Waals surface area contributed by atoms with E-state index in [-0.39, 0.29) is 19.0 Å². The largest absolute Gasteiger partial charge is 0.105 e. The van der Waals surface area contributed by atoms with E-state index in [1.807, 2.05) is 0 Å². The molecule has 0 bridgehead atoms. The maximum atomic E-state index is 2.42. The third kappa shape index (κ3) is 9.65. The van der Waals surface area contributed by atoms with Crippen LogP contribution in [0.4, 0.5) is 0 Å².